The third-order valence-electron chi connectivity index (χ3n) is 4.25. The lowest BCUT2D eigenvalue weighted by molar-refractivity contribution is 0.199. The van der Waals surface area contributed by atoms with E-state index in [1.54, 1.807) is 7.11 Å². The first-order chi connectivity index (χ1) is 10.2. The van der Waals surface area contributed by atoms with Crippen LogP contribution in [0.1, 0.15) is 31.7 Å². The second-order valence-electron chi connectivity index (χ2n) is 5.79. The van der Waals surface area contributed by atoms with E-state index in [1.807, 2.05) is 0 Å². The predicted molar refractivity (Wildman–Crippen MR) is 93.0 cm³/mol. The number of hydrogen-bond acceptors (Lipinski definition) is 3. The van der Waals surface area contributed by atoms with Gasteiger partial charge in [-0.05, 0) is 59.3 Å². The van der Waals surface area contributed by atoms with Gasteiger partial charge in [0.1, 0.15) is 0 Å². The Kier molecular flexibility index (Phi) is 7.00. The van der Waals surface area contributed by atoms with Gasteiger partial charge >= 0.3 is 0 Å². The summed E-state index contributed by atoms with van der Waals surface area (Å²) >= 11 is 3.75. The van der Waals surface area contributed by atoms with Crippen LogP contribution in [0.2, 0.25) is 0 Å². The van der Waals surface area contributed by atoms with Gasteiger partial charge < -0.3 is 15.0 Å². The zero-order valence-corrected chi connectivity index (χ0v) is 14.8. The van der Waals surface area contributed by atoms with Crippen LogP contribution >= 0.6 is 15.9 Å². The number of halogens is 1. The molecule has 0 aliphatic heterocycles. The molecule has 0 unspecified atom stereocenters. The maximum Gasteiger partial charge on any atom is 0.0587 e. The van der Waals surface area contributed by atoms with Crippen LogP contribution in [0.3, 0.4) is 0 Å². The molecule has 1 fully saturated rings. The summed E-state index contributed by atoms with van der Waals surface area (Å²) in [6, 6.07) is 6.71. The molecular weight excluding hydrogens is 328 g/mol. The zero-order chi connectivity index (χ0) is 15.1. The van der Waals surface area contributed by atoms with Crippen molar-refractivity contribution in [2.24, 2.45) is 5.92 Å². The number of hydrogen-bond donors (Lipinski definition) is 1. The van der Waals surface area contributed by atoms with Crippen LogP contribution in [0.4, 0.5) is 5.69 Å². The van der Waals surface area contributed by atoms with Crippen LogP contribution in [0.15, 0.2) is 22.7 Å². The molecule has 1 aliphatic carbocycles. The molecule has 1 aliphatic rings. The van der Waals surface area contributed by atoms with E-state index in [0.29, 0.717) is 0 Å². The second kappa shape index (κ2) is 8.76. The third kappa shape index (κ3) is 4.97. The van der Waals surface area contributed by atoms with E-state index >= 15 is 0 Å². The molecular formula is C17H27BrN2O. The van der Waals surface area contributed by atoms with Crippen molar-refractivity contribution in [1.82, 2.24) is 5.32 Å². The van der Waals surface area contributed by atoms with Crippen molar-refractivity contribution in [3.05, 3.63) is 28.2 Å². The monoisotopic (exact) mass is 354 g/mol. The van der Waals surface area contributed by atoms with E-state index < -0.39 is 0 Å². The van der Waals surface area contributed by atoms with Gasteiger partial charge in [0.15, 0.2) is 0 Å². The quantitative estimate of drug-likeness (QED) is 0.682. The van der Waals surface area contributed by atoms with E-state index in [0.717, 1.165) is 32.2 Å². The van der Waals surface area contributed by atoms with Crippen molar-refractivity contribution in [3.8, 4) is 0 Å². The number of benzene rings is 1. The largest absolute Gasteiger partial charge is 0.383 e. The molecule has 118 valence electrons. The lowest BCUT2D eigenvalue weighted by Gasteiger charge is -2.33. The number of ether oxygens (including phenoxy) is 1. The topological polar surface area (TPSA) is 24.5 Å². The van der Waals surface area contributed by atoms with Crippen LogP contribution in [0.25, 0.3) is 0 Å². The summed E-state index contributed by atoms with van der Waals surface area (Å²) in [6.45, 7) is 7.03. The summed E-state index contributed by atoms with van der Waals surface area (Å²) in [5, 5.41) is 3.38. The fourth-order valence-electron chi connectivity index (χ4n) is 2.71. The summed E-state index contributed by atoms with van der Waals surface area (Å²) in [4.78, 5) is 2.50. The minimum absolute atomic E-state index is 0.754. The Bertz CT molecular complexity index is 435. The second-order valence-corrected chi connectivity index (χ2v) is 6.65. The molecule has 2 rings (SSSR count). The van der Waals surface area contributed by atoms with E-state index in [1.165, 1.54) is 41.5 Å². The highest BCUT2D eigenvalue weighted by atomic mass is 79.9. The summed E-state index contributed by atoms with van der Waals surface area (Å²) < 4.78 is 6.25. The Morgan fingerprint density at radius 1 is 1.38 bits per heavy atom. The molecule has 0 aromatic heterocycles. The van der Waals surface area contributed by atoms with Crippen molar-refractivity contribution in [3.63, 3.8) is 0 Å². The predicted octanol–water partition coefficient (Wildman–Crippen LogP) is 3.81. The van der Waals surface area contributed by atoms with Crippen LogP contribution in [-0.4, -0.2) is 33.4 Å². The Morgan fingerprint density at radius 2 is 2.19 bits per heavy atom. The lowest BCUT2D eigenvalue weighted by atomic mass is 9.85. The van der Waals surface area contributed by atoms with E-state index in [2.05, 4.69) is 51.3 Å². The molecule has 3 nitrogen and oxygen atoms in total. The van der Waals surface area contributed by atoms with Gasteiger partial charge in [0.2, 0.25) is 0 Å². The lowest BCUT2D eigenvalue weighted by Crippen LogP contribution is -2.32. The van der Waals surface area contributed by atoms with Crippen LogP contribution in [-0.2, 0) is 11.3 Å². The Morgan fingerprint density at radius 3 is 2.76 bits per heavy atom. The van der Waals surface area contributed by atoms with Crippen LogP contribution in [0.5, 0.6) is 0 Å². The van der Waals surface area contributed by atoms with Gasteiger partial charge in [-0.1, -0.05) is 12.5 Å². The third-order valence-corrected chi connectivity index (χ3v) is 4.89. The molecule has 0 heterocycles. The van der Waals surface area contributed by atoms with Crippen molar-refractivity contribution < 1.29 is 4.74 Å². The van der Waals surface area contributed by atoms with Gasteiger partial charge in [-0.25, -0.2) is 0 Å². The summed E-state index contributed by atoms with van der Waals surface area (Å²) in [7, 11) is 1.73. The van der Waals surface area contributed by atoms with Gasteiger partial charge in [-0.2, -0.15) is 0 Å². The average Bonchev–Trinajstić information content (AvgIpc) is 2.44. The smallest absolute Gasteiger partial charge is 0.0587 e. The highest BCUT2D eigenvalue weighted by Gasteiger charge is 2.21. The van der Waals surface area contributed by atoms with Gasteiger partial charge in [-0.3, -0.25) is 0 Å². The van der Waals surface area contributed by atoms with E-state index in [-0.39, 0.29) is 0 Å². The van der Waals surface area contributed by atoms with Crippen LogP contribution < -0.4 is 10.2 Å². The highest BCUT2D eigenvalue weighted by molar-refractivity contribution is 9.10. The zero-order valence-electron chi connectivity index (χ0n) is 13.2. The number of rotatable bonds is 9. The molecule has 1 aromatic rings. The van der Waals surface area contributed by atoms with Gasteiger partial charge in [0, 0.05) is 37.8 Å². The number of nitrogens with one attached hydrogen (secondary N) is 1. The molecule has 1 N–H and O–H groups in total. The average molecular weight is 355 g/mol. The Hall–Kier alpha value is -0.580. The molecule has 0 saturated heterocycles. The molecule has 1 saturated carbocycles. The maximum absolute atomic E-state index is 5.04. The van der Waals surface area contributed by atoms with Crippen molar-refractivity contribution in [2.45, 2.75) is 32.7 Å². The first kappa shape index (κ1) is 16.8. The molecule has 0 radical (unpaired) electrons. The van der Waals surface area contributed by atoms with Crippen LogP contribution in [0, 0.1) is 5.92 Å². The van der Waals surface area contributed by atoms with Crippen molar-refractivity contribution >= 4 is 21.6 Å². The molecule has 0 spiro atoms. The highest BCUT2D eigenvalue weighted by Crippen LogP contribution is 2.32. The molecule has 0 bridgehead atoms. The fourth-order valence-corrected chi connectivity index (χ4v) is 3.39. The standard InChI is InChI=1S/C17H27BrN2O/c1-3-20(13-14-5-4-6-14)17-8-7-15(11-16(17)18)12-19-9-10-21-2/h7-8,11,14,19H,3-6,9-10,12-13H2,1-2H3. The summed E-state index contributed by atoms with van der Waals surface area (Å²) in [6.07, 6.45) is 4.21. The first-order valence-electron chi connectivity index (χ1n) is 7.97. The van der Waals surface area contributed by atoms with Gasteiger partial charge in [0.05, 0.1) is 12.3 Å². The Balaban J connectivity index is 1.93. The first-order valence-corrected chi connectivity index (χ1v) is 8.77. The number of methoxy groups -OCH3 is 1. The molecule has 1 aromatic carbocycles. The van der Waals surface area contributed by atoms with Crippen molar-refractivity contribution in [2.75, 3.05) is 38.3 Å². The number of anilines is 1. The van der Waals surface area contributed by atoms with E-state index in [9.17, 15) is 0 Å². The Labute approximate surface area is 137 Å². The van der Waals surface area contributed by atoms with Gasteiger partial charge in [-0.15, -0.1) is 0 Å². The number of nitrogens with zero attached hydrogens (tertiary/aromatic N) is 1. The van der Waals surface area contributed by atoms with E-state index in [4.69, 9.17) is 4.74 Å². The van der Waals surface area contributed by atoms with Crippen molar-refractivity contribution in [1.29, 1.82) is 0 Å². The fraction of sp³-hybridized carbons (Fsp3) is 0.647. The molecule has 0 atom stereocenters. The molecule has 0 amide bonds. The minimum atomic E-state index is 0.754. The van der Waals surface area contributed by atoms with Gasteiger partial charge in [0.25, 0.3) is 0 Å². The maximum atomic E-state index is 5.04. The summed E-state index contributed by atoms with van der Waals surface area (Å²) in [5.41, 5.74) is 2.63. The summed E-state index contributed by atoms with van der Waals surface area (Å²) in [5.74, 6) is 0.896. The minimum Gasteiger partial charge on any atom is -0.383 e. The molecule has 4 heteroatoms. The SMILES string of the molecule is CCN(CC1CCC1)c1ccc(CNCCOC)cc1Br. The normalized spacial score (nSPS) is 15.0. The molecule has 21 heavy (non-hydrogen) atoms.